The van der Waals surface area contributed by atoms with E-state index in [9.17, 15) is 4.79 Å². The molecule has 0 atom stereocenters. The number of nitrogen functional groups attached to an aromatic ring is 1. The predicted octanol–water partition coefficient (Wildman–Crippen LogP) is 3.21. The van der Waals surface area contributed by atoms with E-state index < -0.39 is 0 Å². The summed E-state index contributed by atoms with van der Waals surface area (Å²) in [5.74, 6) is 0.00490. The zero-order valence-electron chi connectivity index (χ0n) is 11.2. The molecular weight excluding hydrogens is 256 g/mol. The number of carbonyl (C=O) groups excluding carboxylic acids is 1. The number of carbonyl (C=O) groups is 1. The van der Waals surface area contributed by atoms with Crippen molar-refractivity contribution in [3.63, 3.8) is 0 Å². The highest BCUT2D eigenvalue weighted by atomic mass is 32.1. The number of nitrogens with zero attached hydrogens (tertiary/aromatic N) is 1. The largest absolute Gasteiger partial charge is 0.398 e. The Balaban J connectivity index is 2.05. The van der Waals surface area contributed by atoms with Crippen LogP contribution in [0.3, 0.4) is 0 Å². The molecule has 3 nitrogen and oxygen atoms in total. The van der Waals surface area contributed by atoms with Gasteiger partial charge in [-0.15, -0.1) is 11.3 Å². The fourth-order valence-electron chi connectivity index (χ4n) is 1.97. The minimum absolute atomic E-state index is 0.00490. The second kappa shape index (κ2) is 5.89. The van der Waals surface area contributed by atoms with Crippen LogP contribution in [0, 0.1) is 0 Å². The summed E-state index contributed by atoms with van der Waals surface area (Å²) in [5.41, 5.74) is 8.09. The van der Waals surface area contributed by atoms with Gasteiger partial charge in [-0.05, 0) is 43.0 Å². The molecule has 0 aliphatic carbocycles. The Kier molecular flexibility index (Phi) is 4.22. The Morgan fingerprint density at radius 3 is 2.74 bits per heavy atom. The van der Waals surface area contributed by atoms with Crippen LogP contribution in [-0.2, 0) is 6.42 Å². The highest BCUT2D eigenvalue weighted by molar-refractivity contribution is 7.09. The smallest absolute Gasteiger partial charge is 0.161 e. The molecule has 19 heavy (non-hydrogen) atoms. The van der Waals surface area contributed by atoms with Crippen LogP contribution < -0.4 is 10.6 Å². The zero-order valence-corrected chi connectivity index (χ0v) is 12.0. The van der Waals surface area contributed by atoms with E-state index in [1.54, 1.807) is 17.4 Å². The van der Waals surface area contributed by atoms with E-state index in [-0.39, 0.29) is 5.78 Å². The van der Waals surface area contributed by atoms with E-state index in [1.807, 2.05) is 19.2 Å². The third-order valence-electron chi connectivity index (χ3n) is 3.13. The molecule has 1 aromatic carbocycles. The van der Waals surface area contributed by atoms with Crippen molar-refractivity contribution >= 4 is 28.5 Å². The molecule has 0 bridgehead atoms. The number of ketones is 1. The van der Waals surface area contributed by atoms with Gasteiger partial charge in [-0.3, -0.25) is 4.79 Å². The molecule has 2 aromatic rings. The first-order chi connectivity index (χ1) is 9.08. The van der Waals surface area contributed by atoms with Crippen molar-refractivity contribution < 1.29 is 4.79 Å². The molecule has 2 rings (SSSR count). The van der Waals surface area contributed by atoms with Crippen molar-refractivity contribution in [3.05, 3.63) is 46.2 Å². The Hall–Kier alpha value is -1.81. The first-order valence-electron chi connectivity index (χ1n) is 6.22. The normalized spacial score (nSPS) is 10.4. The number of nitrogens with two attached hydrogens (primary N) is 1. The summed E-state index contributed by atoms with van der Waals surface area (Å²) >= 11 is 1.77. The third-order valence-corrected chi connectivity index (χ3v) is 4.07. The van der Waals surface area contributed by atoms with Crippen molar-refractivity contribution in [2.24, 2.45) is 0 Å². The number of thiophene rings is 1. The van der Waals surface area contributed by atoms with E-state index >= 15 is 0 Å². The van der Waals surface area contributed by atoms with Gasteiger partial charge in [0.05, 0.1) is 0 Å². The maximum absolute atomic E-state index is 11.3. The number of rotatable bonds is 5. The lowest BCUT2D eigenvalue weighted by Crippen LogP contribution is -2.20. The standard InChI is InChI=1S/C15H18N2OS/c1-11(18)14-6-5-12(10-15(14)16)17(2)8-7-13-4-3-9-19-13/h3-6,9-10H,7-8,16H2,1-2H3. The van der Waals surface area contributed by atoms with Gasteiger partial charge in [0.2, 0.25) is 0 Å². The van der Waals surface area contributed by atoms with Gasteiger partial charge in [0.15, 0.2) is 5.78 Å². The quantitative estimate of drug-likeness (QED) is 0.672. The van der Waals surface area contributed by atoms with Crippen LogP contribution in [-0.4, -0.2) is 19.4 Å². The summed E-state index contributed by atoms with van der Waals surface area (Å²) in [6.07, 6.45) is 1.02. The first kappa shape index (κ1) is 13.6. The Bertz CT molecular complexity index is 564. The molecule has 0 fully saturated rings. The molecule has 0 spiro atoms. The van der Waals surface area contributed by atoms with Crippen molar-refractivity contribution in [2.45, 2.75) is 13.3 Å². The molecule has 0 saturated carbocycles. The van der Waals surface area contributed by atoms with Gasteiger partial charge in [0.1, 0.15) is 0 Å². The predicted molar refractivity (Wildman–Crippen MR) is 82.2 cm³/mol. The lowest BCUT2D eigenvalue weighted by molar-refractivity contribution is 0.101. The van der Waals surface area contributed by atoms with Gasteiger partial charge in [0.25, 0.3) is 0 Å². The minimum Gasteiger partial charge on any atom is -0.398 e. The summed E-state index contributed by atoms with van der Waals surface area (Å²) < 4.78 is 0. The monoisotopic (exact) mass is 274 g/mol. The molecule has 1 aromatic heterocycles. The highest BCUT2D eigenvalue weighted by Gasteiger charge is 2.08. The second-order valence-corrected chi connectivity index (χ2v) is 5.61. The van der Waals surface area contributed by atoms with Gasteiger partial charge < -0.3 is 10.6 Å². The summed E-state index contributed by atoms with van der Waals surface area (Å²) in [7, 11) is 2.04. The minimum atomic E-state index is 0.00490. The van der Waals surface area contributed by atoms with Crippen molar-refractivity contribution in [2.75, 3.05) is 24.2 Å². The Labute approximate surface area is 117 Å². The van der Waals surface area contributed by atoms with Crippen LogP contribution in [0.25, 0.3) is 0 Å². The van der Waals surface area contributed by atoms with E-state index in [4.69, 9.17) is 5.73 Å². The number of benzene rings is 1. The molecular formula is C15H18N2OS. The van der Waals surface area contributed by atoms with Crippen LogP contribution in [0.4, 0.5) is 11.4 Å². The molecule has 2 N–H and O–H groups in total. The van der Waals surface area contributed by atoms with Crippen LogP contribution >= 0.6 is 11.3 Å². The molecule has 0 saturated heterocycles. The van der Waals surface area contributed by atoms with Crippen LogP contribution in [0.15, 0.2) is 35.7 Å². The summed E-state index contributed by atoms with van der Waals surface area (Å²) in [5, 5.41) is 2.09. The van der Waals surface area contributed by atoms with Gasteiger partial charge in [-0.25, -0.2) is 0 Å². The lowest BCUT2D eigenvalue weighted by atomic mass is 10.1. The highest BCUT2D eigenvalue weighted by Crippen LogP contribution is 2.21. The van der Waals surface area contributed by atoms with Gasteiger partial charge >= 0.3 is 0 Å². The summed E-state index contributed by atoms with van der Waals surface area (Å²) in [4.78, 5) is 14.9. The number of likely N-dealkylation sites (N-methyl/N-ethyl adjacent to an activating group) is 1. The zero-order chi connectivity index (χ0) is 13.8. The van der Waals surface area contributed by atoms with Crippen LogP contribution in [0.2, 0.25) is 0 Å². The SMILES string of the molecule is CC(=O)c1ccc(N(C)CCc2cccs2)cc1N. The maximum atomic E-state index is 11.3. The van der Waals surface area contributed by atoms with Crippen molar-refractivity contribution in [3.8, 4) is 0 Å². The summed E-state index contributed by atoms with van der Waals surface area (Å²) in [6, 6.07) is 9.83. The molecule has 0 unspecified atom stereocenters. The maximum Gasteiger partial charge on any atom is 0.161 e. The molecule has 1 heterocycles. The number of Topliss-reactive ketones (excluding diaryl/α,β-unsaturated/α-hetero) is 1. The van der Waals surface area contributed by atoms with E-state index in [0.29, 0.717) is 11.3 Å². The van der Waals surface area contributed by atoms with Crippen LogP contribution in [0.1, 0.15) is 22.2 Å². The van der Waals surface area contributed by atoms with E-state index in [1.165, 1.54) is 11.8 Å². The second-order valence-electron chi connectivity index (χ2n) is 4.58. The fraction of sp³-hybridized carbons (Fsp3) is 0.267. The molecule has 0 amide bonds. The molecule has 0 aliphatic rings. The van der Waals surface area contributed by atoms with Crippen LogP contribution in [0.5, 0.6) is 0 Å². The Morgan fingerprint density at radius 1 is 1.37 bits per heavy atom. The van der Waals surface area contributed by atoms with E-state index in [2.05, 4.69) is 22.4 Å². The molecule has 4 heteroatoms. The van der Waals surface area contributed by atoms with Gasteiger partial charge in [-0.2, -0.15) is 0 Å². The molecule has 0 aliphatic heterocycles. The number of hydrogen-bond acceptors (Lipinski definition) is 4. The molecule has 100 valence electrons. The number of hydrogen-bond donors (Lipinski definition) is 1. The fourth-order valence-corrected chi connectivity index (χ4v) is 2.67. The van der Waals surface area contributed by atoms with Crippen molar-refractivity contribution in [1.82, 2.24) is 0 Å². The average Bonchev–Trinajstić information content (AvgIpc) is 2.88. The number of anilines is 2. The lowest BCUT2D eigenvalue weighted by Gasteiger charge is -2.20. The summed E-state index contributed by atoms with van der Waals surface area (Å²) in [6.45, 7) is 2.46. The van der Waals surface area contributed by atoms with Gasteiger partial charge in [-0.1, -0.05) is 6.07 Å². The average molecular weight is 274 g/mol. The Morgan fingerprint density at radius 2 is 2.16 bits per heavy atom. The first-order valence-corrected chi connectivity index (χ1v) is 7.10. The molecule has 0 radical (unpaired) electrons. The topological polar surface area (TPSA) is 46.3 Å². The van der Waals surface area contributed by atoms with E-state index in [0.717, 1.165) is 18.7 Å². The van der Waals surface area contributed by atoms with Crippen molar-refractivity contribution in [1.29, 1.82) is 0 Å². The third kappa shape index (κ3) is 3.35. The van der Waals surface area contributed by atoms with Gasteiger partial charge in [0, 0.05) is 35.4 Å².